The van der Waals surface area contributed by atoms with E-state index in [1.165, 1.54) is 11.1 Å². The van der Waals surface area contributed by atoms with Crippen LogP contribution in [0.15, 0.2) is 40.8 Å². The molecule has 1 aromatic heterocycles. The van der Waals surface area contributed by atoms with Crippen molar-refractivity contribution < 1.29 is 18.7 Å². The largest absolute Gasteiger partial charge is 0.466 e. The summed E-state index contributed by atoms with van der Waals surface area (Å²) in [5, 5.41) is 2.76. The second-order valence-corrected chi connectivity index (χ2v) is 6.44. The van der Waals surface area contributed by atoms with E-state index < -0.39 is 0 Å². The van der Waals surface area contributed by atoms with Crippen LogP contribution in [0.25, 0.3) is 0 Å². The molecule has 2 amide bonds. The van der Waals surface area contributed by atoms with Gasteiger partial charge in [-0.3, -0.25) is 9.59 Å². The van der Waals surface area contributed by atoms with E-state index in [0.717, 1.165) is 17.9 Å². The second-order valence-electron chi connectivity index (χ2n) is 6.44. The third kappa shape index (κ3) is 4.95. The molecule has 0 unspecified atom stereocenters. The minimum Gasteiger partial charge on any atom is -0.466 e. The number of rotatable bonds is 7. The Morgan fingerprint density at radius 1 is 1.15 bits per heavy atom. The Morgan fingerprint density at radius 3 is 2.73 bits per heavy atom. The van der Waals surface area contributed by atoms with E-state index in [9.17, 15) is 9.59 Å². The monoisotopic (exact) mass is 356 g/mol. The van der Waals surface area contributed by atoms with Crippen molar-refractivity contribution in [3.05, 3.63) is 59.0 Å². The minimum atomic E-state index is -0.231. The van der Waals surface area contributed by atoms with Crippen LogP contribution in [-0.2, 0) is 33.7 Å². The van der Waals surface area contributed by atoms with Crippen molar-refractivity contribution >= 4 is 11.8 Å². The van der Waals surface area contributed by atoms with Gasteiger partial charge in [0.1, 0.15) is 24.7 Å². The fourth-order valence-corrected chi connectivity index (χ4v) is 3.03. The topological polar surface area (TPSA) is 71.8 Å². The van der Waals surface area contributed by atoms with E-state index in [2.05, 4.69) is 11.4 Å². The van der Waals surface area contributed by atoms with E-state index in [0.29, 0.717) is 26.1 Å². The van der Waals surface area contributed by atoms with Crippen molar-refractivity contribution in [3.8, 4) is 0 Å². The molecule has 26 heavy (non-hydrogen) atoms. The van der Waals surface area contributed by atoms with Crippen LogP contribution < -0.4 is 5.32 Å². The highest BCUT2D eigenvalue weighted by Crippen LogP contribution is 2.18. The molecule has 138 valence electrons. The number of amides is 2. The number of benzene rings is 1. The zero-order valence-corrected chi connectivity index (χ0v) is 15.0. The lowest BCUT2D eigenvalue weighted by Crippen LogP contribution is -2.39. The Bertz CT molecular complexity index is 769. The van der Waals surface area contributed by atoms with Gasteiger partial charge in [-0.15, -0.1) is 0 Å². The first-order valence-corrected chi connectivity index (χ1v) is 8.86. The molecule has 1 aromatic carbocycles. The van der Waals surface area contributed by atoms with Crippen molar-refractivity contribution in [3.63, 3.8) is 0 Å². The van der Waals surface area contributed by atoms with Gasteiger partial charge in [0, 0.05) is 26.1 Å². The van der Waals surface area contributed by atoms with E-state index in [-0.39, 0.29) is 25.0 Å². The van der Waals surface area contributed by atoms with Crippen molar-refractivity contribution in [2.24, 2.45) is 0 Å². The maximum Gasteiger partial charge on any atom is 0.248 e. The molecule has 6 heteroatoms. The standard InChI is InChI=1S/C20H24N2O4/c1-15-6-7-18(26-15)8-10-21-19(23)13-25-14-20(24)22-11-9-16-4-2-3-5-17(16)12-22/h2-7H,8-14H2,1H3,(H,21,23). The predicted molar refractivity (Wildman–Crippen MR) is 96.5 cm³/mol. The summed E-state index contributed by atoms with van der Waals surface area (Å²) in [7, 11) is 0. The highest BCUT2D eigenvalue weighted by atomic mass is 16.5. The summed E-state index contributed by atoms with van der Waals surface area (Å²) in [4.78, 5) is 25.8. The zero-order chi connectivity index (χ0) is 18.4. The summed E-state index contributed by atoms with van der Waals surface area (Å²) in [6.07, 6.45) is 1.49. The number of hydrogen-bond acceptors (Lipinski definition) is 4. The first-order chi connectivity index (χ1) is 12.6. The lowest BCUT2D eigenvalue weighted by Gasteiger charge is -2.28. The molecular formula is C20H24N2O4. The van der Waals surface area contributed by atoms with E-state index in [1.54, 1.807) is 4.90 Å². The molecule has 0 fully saturated rings. The summed E-state index contributed by atoms with van der Waals surface area (Å²) in [6.45, 7) is 3.46. The number of nitrogens with zero attached hydrogens (tertiary/aromatic N) is 1. The lowest BCUT2D eigenvalue weighted by molar-refractivity contribution is -0.139. The number of carbonyl (C=O) groups is 2. The summed E-state index contributed by atoms with van der Waals surface area (Å²) < 4.78 is 10.7. The Labute approximate surface area is 153 Å². The van der Waals surface area contributed by atoms with Crippen LogP contribution >= 0.6 is 0 Å². The quantitative estimate of drug-likeness (QED) is 0.822. The van der Waals surface area contributed by atoms with Crippen molar-refractivity contribution in [2.75, 3.05) is 26.3 Å². The smallest absolute Gasteiger partial charge is 0.248 e. The van der Waals surface area contributed by atoms with E-state index >= 15 is 0 Å². The number of furan rings is 1. The molecule has 0 atom stereocenters. The summed E-state index contributed by atoms with van der Waals surface area (Å²) in [5.41, 5.74) is 2.47. The molecule has 1 aliphatic heterocycles. The van der Waals surface area contributed by atoms with Crippen LogP contribution in [0.3, 0.4) is 0 Å². The minimum absolute atomic E-state index is 0.0764. The van der Waals surface area contributed by atoms with Gasteiger partial charge in [0.2, 0.25) is 11.8 Å². The van der Waals surface area contributed by atoms with Gasteiger partial charge in [-0.25, -0.2) is 0 Å². The molecule has 6 nitrogen and oxygen atoms in total. The highest BCUT2D eigenvalue weighted by Gasteiger charge is 2.20. The van der Waals surface area contributed by atoms with Gasteiger partial charge in [0.25, 0.3) is 0 Å². The third-order valence-corrected chi connectivity index (χ3v) is 4.43. The average molecular weight is 356 g/mol. The average Bonchev–Trinajstić information content (AvgIpc) is 3.06. The molecule has 0 saturated heterocycles. The summed E-state index contributed by atoms with van der Waals surface area (Å²) in [5.74, 6) is 1.38. The second kappa shape index (κ2) is 8.67. The Morgan fingerprint density at radius 2 is 1.96 bits per heavy atom. The number of ether oxygens (including phenoxy) is 1. The van der Waals surface area contributed by atoms with Crippen LogP contribution in [0.5, 0.6) is 0 Å². The molecule has 0 aliphatic carbocycles. The van der Waals surface area contributed by atoms with Crippen LogP contribution in [0, 0.1) is 6.92 Å². The Hall–Kier alpha value is -2.60. The van der Waals surface area contributed by atoms with Gasteiger partial charge < -0.3 is 19.4 Å². The molecule has 0 radical (unpaired) electrons. The highest BCUT2D eigenvalue weighted by molar-refractivity contribution is 5.79. The van der Waals surface area contributed by atoms with Gasteiger partial charge in [-0.1, -0.05) is 24.3 Å². The maximum absolute atomic E-state index is 12.2. The fraction of sp³-hybridized carbons (Fsp3) is 0.400. The molecule has 1 aliphatic rings. The normalized spacial score (nSPS) is 13.3. The first-order valence-electron chi connectivity index (χ1n) is 8.86. The first kappa shape index (κ1) is 18.2. The number of nitrogens with one attached hydrogen (secondary N) is 1. The van der Waals surface area contributed by atoms with E-state index in [4.69, 9.17) is 9.15 Å². The lowest BCUT2D eigenvalue weighted by atomic mass is 10.00. The molecule has 0 saturated carbocycles. The van der Waals surface area contributed by atoms with Crippen LogP contribution in [0.2, 0.25) is 0 Å². The molecule has 2 aromatic rings. The number of carbonyl (C=O) groups excluding carboxylic acids is 2. The molecule has 2 heterocycles. The molecule has 3 rings (SSSR count). The van der Waals surface area contributed by atoms with Crippen LogP contribution in [-0.4, -0.2) is 43.0 Å². The van der Waals surface area contributed by atoms with Crippen molar-refractivity contribution in [1.29, 1.82) is 0 Å². The maximum atomic E-state index is 12.2. The van der Waals surface area contributed by atoms with Gasteiger partial charge in [-0.2, -0.15) is 0 Å². The van der Waals surface area contributed by atoms with E-state index in [1.807, 2.05) is 37.3 Å². The van der Waals surface area contributed by atoms with Gasteiger partial charge in [0.05, 0.1) is 0 Å². The molecule has 0 spiro atoms. The van der Waals surface area contributed by atoms with Crippen LogP contribution in [0.1, 0.15) is 22.6 Å². The number of hydrogen-bond donors (Lipinski definition) is 1. The van der Waals surface area contributed by atoms with Crippen molar-refractivity contribution in [2.45, 2.75) is 26.3 Å². The SMILES string of the molecule is Cc1ccc(CCNC(=O)COCC(=O)N2CCc3ccccc3C2)o1. The number of aryl methyl sites for hydroxylation is 1. The molecule has 1 N–H and O–H groups in total. The Balaban J connectivity index is 1.33. The van der Waals surface area contributed by atoms with Gasteiger partial charge >= 0.3 is 0 Å². The number of fused-ring (bicyclic) bond motifs is 1. The molecule has 0 bridgehead atoms. The fourth-order valence-electron chi connectivity index (χ4n) is 3.03. The summed E-state index contributed by atoms with van der Waals surface area (Å²) >= 11 is 0. The summed E-state index contributed by atoms with van der Waals surface area (Å²) in [6, 6.07) is 11.9. The third-order valence-electron chi connectivity index (χ3n) is 4.43. The van der Waals surface area contributed by atoms with Gasteiger partial charge in [0.15, 0.2) is 0 Å². The van der Waals surface area contributed by atoms with Gasteiger partial charge in [-0.05, 0) is 36.6 Å². The zero-order valence-electron chi connectivity index (χ0n) is 15.0. The molecular weight excluding hydrogens is 332 g/mol. The van der Waals surface area contributed by atoms with Crippen LogP contribution in [0.4, 0.5) is 0 Å². The Kier molecular flexibility index (Phi) is 6.07. The van der Waals surface area contributed by atoms with Crippen molar-refractivity contribution in [1.82, 2.24) is 10.2 Å². The predicted octanol–water partition coefficient (Wildman–Crippen LogP) is 1.85.